The van der Waals surface area contributed by atoms with E-state index in [1.807, 2.05) is 0 Å². The fraction of sp³-hybridized carbons (Fsp3) is 0.360. The molecule has 2 saturated carbocycles. The quantitative estimate of drug-likeness (QED) is 0.395. The lowest BCUT2D eigenvalue weighted by Gasteiger charge is -2.44. The zero-order valence-electron chi connectivity index (χ0n) is 19.3. The number of benzene rings is 2. The number of hydrogen-bond donors (Lipinski definition) is 3. The van der Waals surface area contributed by atoms with E-state index < -0.39 is 56.2 Å². The number of sulfone groups is 1. The number of carbonyl (C=O) groups excluding carboxylic acids is 1. The topological polar surface area (TPSA) is 117 Å². The molecule has 1 heterocycles. The molecule has 1 amide bonds. The minimum absolute atomic E-state index is 0.00480. The maximum atomic E-state index is 13.7. The third-order valence-electron chi connectivity index (χ3n) is 7.51. The van der Waals surface area contributed by atoms with Crippen molar-refractivity contribution in [3.8, 4) is 0 Å². The van der Waals surface area contributed by atoms with E-state index in [2.05, 4.69) is 10.3 Å². The zero-order chi connectivity index (χ0) is 26.5. The van der Waals surface area contributed by atoms with Gasteiger partial charge in [0.15, 0.2) is 21.5 Å². The molecule has 7 nitrogen and oxygen atoms in total. The van der Waals surface area contributed by atoms with Crippen LogP contribution in [0.15, 0.2) is 52.9 Å². The number of amides is 1. The van der Waals surface area contributed by atoms with Crippen LogP contribution in [0.5, 0.6) is 0 Å². The van der Waals surface area contributed by atoms with Crippen molar-refractivity contribution >= 4 is 44.4 Å². The van der Waals surface area contributed by atoms with Gasteiger partial charge >= 0.3 is 0 Å². The van der Waals surface area contributed by atoms with Gasteiger partial charge in [0.2, 0.25) is 0 Å². The average Bonchev–Trinajstić information content (AvgIpc) is 3.43. The van der Waals surface area contributed by atoms with Crippen LogP contribution in [0.2, 0.25) is 5.02 Å². The lowest BCUT2D eigenvalue weighted by molar-refractivity contribution is -0.144. The van der Waals surface area contributed by atoms with Crippen molar-refractivity contribution in [1.29, 1.82) is 0 Å². The van der Waals surface area contributed by atoms with E-state index in [1.165, 1.54) is 35.6 Å². The summed E-state index contributed by atoms with van der Waals surface area (Å²) in [7, 11) is -4.02. The second-order valence-electron chi connectivity index (χ2n) is 9.50. The van der Waals surface area contributed by atoms with E-state index in [0.717, 1.165) is 12.1 Å². The van der Waals surface area contributed by atoms with Gasteiger partial charge in [-0.05, 0) is 67.9 Å². The number of halogens is 3. The predicted molar refractivity (Wildman–Crippen MR) is 134 cm³/mol. The molecule has 3 N–H and O–H groups in total. The Kier molecular flexibility index (Phi) is 6.86. The number of carbonyl (C=O) groups is 1. The summed E-state index contributed by atoms with van der Waals surface area (Å²) < 4.78 is 54.1. The number of rotatable bonds is 6. The first-order chi connectivity index (χ1) is 17.5. The van der Waals surface area contributed by atoms with Crippen LogP contribution in [0.3, 0.4) is 0 Å². The summed E-state index contributed by atoms with van der Waals surface area (Å²) in [5.41, 5.74) is -1.49. The summed E-state index contributed by atoms with van der Waals surface area (Å²) in [5, 5.41) is 26.0. The number of anilines is 1. The number of fused-ring (bicyclic) bond motifs is 2. The highest BCUT2D eigenvalue weighted by Crippen LogP contribution is 2.56. The molecular formula is C25H23ClF2N2O5S2. The molecule has 0 aliphatic heterocycles. The highest BCUT2D eigenvalue weighted by Gasteiger charge is 2.59. The number of aromatic nitrogens is 1. The lowest BCUT2D eigenvalue weighted by atomic mass is 9.71. The van der Waals surface area contributed by atoms with Gasteiger partial charge in [0.25, 0.3) is 5.91 Å². The zero-order valence-corrected chi connectivity index (χ0v) is 21.7. The molecule has 2 aromatic carbocycles. The smallest absolute Gasteiger partial charge is 0.255 e. The molecule has 2 aliphatic carbocycles. The Morgan fingerprint density at radius 3 is 2.46 bits per heavy atom. The van der Waals surface area contributed by atoms with Crippen LogP contribution in [-0.4, -0.2) is 40.4 Å². The van der Waals surface area contributed by atoms with E-state index in [4.69, 9.17) is 11.6 Å². The third kappa shape index (κ3) is 4.57. The van der Waals surface area contributed by atoms with Crippen LogP contribution >= 0.6 is 22.9 Å². The number of thiazole rings is 1. The molecule has 5 atom stereocenters. The second-order valence-corrected chi connectivity index (χ2v) is 13.0. The fourth-order valence-corrected chi connectivity index (χ4v) is 8.73. The Hall–Kier alpha value is -2.44. The van der Waals surface area contributed by atoms with E-state index in [1.54, 1.807) is 11.6 Å². The van der Waals surface area contributed by atoms with Crippen LogP contribution in [0.4, 0.5) is 14.5 Å². The molecule has 5 rings (SSSR count). The van der Waals surface area contributed by atoms with Crippen LogP contribution in [0.25, 0.3) is 0 Å². The number of nitrogens with one attached hydrogen (secondary N) is 1. The van der Waals surface area contributed by atoms with Crippen molar-refractivity contribution < 1.29 is 32.2 Å². The van der Waals surface area contributed by atoms with Crippen LogP contribution in [0.1, 0.15) is 47.2 Å². The molecular weight excluding hydrogens is 546 g/mol. The Bertz CT molecular complexity index is 1440. The van der Waals surface area contributed by atoms with Gasteiger partial charge in [-0.25, -0.2) is 22.2 Å². The molecule has 2 bridgehead atoms. The Balaban J connectivity index is 1.39. The molecule has 3 aromatic rings. The van der Waals surface area contributed by atoms with Gasteiger partial charge in [-0.3, -0.25) is 4.79 Å². The highest BCUT2D eigenvalue weighted by molar-refractivity contribution is 7.92. The van der Waals surface area contributed by atoms with Crippen molar-refractivity contribution in [3.05, 3.63) is 75.2 Å². The Labute approximate surface area is 221 Å². The monoisotopic (exact) mass is 568 g/mol. The normalized spacial score (nSPS) is 26.1. The van der Waals surface area contributed by atoms with E-state index >= 15 is 0 Å². The molecule has 0 saturated heterocycles. The number of aliphatic hydroxyl groups excluding tert-OH is 1. The molecule has 0 spiro atoms. The van der Waals surface area contributed by atoms with E-state index in [0.29, 0.717) is 17.8 Å². The molecule has 37 heavy (non-hydrogen) atoms. The fourth-order valence-electron chi connectivity index (χ4n) is 5.63. The molecule has 12 heteroatoms. The summed E-state index contributed by atoms with van der Waals surface area (Å²) in [6.07, 6.45) is 1.72. The van der Waals surface area contributed by atoms with E-state index in [-0.39, 0.29) is 34.0 Å². The third-order valence-corrected chi connectivity index (χ3v) is 11.0. The van der Waals surface area contributed by atoms with Gasteiger partial charge in [0, 0.05) is 28.9 Å². The van der Waals surface area contributed by atoms with Gasteiger partial charge in [-0.15, -0.1) is 11.3 Å². The first-order valence-corrected chi connectivity index (χ1v) is 14.4. The van der Waals surface area contributed by atoms with Crippen molar-refractivity contribution in [3.63, 3.8) is 0 Å². The summed E-state index contributed by atoms with van der Waals surface area (Å²) in [6, 6.07) is 6.68. The Morgan fingerprint density at radius 1 is 1.14 bits per heavy atom. The van der Waals surface area contributed by atoms with E-state index in [9.17, 15) is 32.2 Å². The molecule has 196 valence electrons. The maximum Gasteiger partial charge on any atom is 0.255 e. The molecule has 2 aliphatic rings. The van der Waals surface area contributed by atoms with Gasteiger partial charge in [0.1, 0.15) is 16.7 Å². The summed E-state index contributed by atoms with van der Waals surface area (Å²) in [5.74, 6) is -3.83. The number of hydrogen-bond acceptors (Lipinski definition) is 7. The number of nitrogens with zero attached hydrogens (tertiary/aromatic N) is 1. The highest BCUT2D eigenvalue weighted by atomic mass is 35.5. The van der Waals surface area contributed by atoms with Crippen LogP contribution < -0.4 is 5.32 Å². The summed E-state index contributed by atoms with van der Waals surface area (Å²) >= 11 is 7.50. The standard InChI is InChI=1S/C25H23ClF2N2O5S2/c26-18-5-1-13(23(32)30-16-4-6-19(27)20(28)12-16)9-21(18)37(34,35)17-10-14-2-3-15(11-17)25(14,33)22(31)24-29-7-8-36-24/h1,4-9,12,14-15,17,22,31,33H,2-3,10-11H2,(H,30,32)/t14-,15+,17-,22?,25-. The molecule has 1 aromatic heterocycles. The van der Waals surface area contributed by atoms with Crippen molar-refractivity contribution in [2.24, 2.45) is 11.8 Å². The van der Waals surface area contributed by atoms with Gasteiger partial charge in [-0.2, -0.15) is 0 Å². The second kappa shape index (κ2) is 9.70. The van der Waals surface area contributed by atoms with Crippen LogP contribution in [0, 0.1) is 23.5 Å². The molecule has 0 radical (unpaired) electrons. The van der Waals surface area contributed by atoms with Crippen LogP contribution in [-0.2, 0) is 9.84 Å². The first-order valence-electron chi connectivity index (χ1n) is 11.6. The first kappa shape index (κ1) is 26.2. The average molecular weight is 569 g/mol. The van der Waals surface area contributed by atoms with Crippen molar-refractivity contribution in [2.75, 3.05) is 5.32 Å². The summed E-state index contributed by atoms with van der Waals surface area (Å²) in [6.45, 7) is 0. The minimum atomic E-state index is -4.02. The molecule has 1 unspecified atom stereocenters. The largest absolute Gasteiger partial charge is 0.386 e. The SMILES string of the molecule is O=C(Nc1ccc(F)c(F)c1)c1ccc(Cl)c(S(=O)(=O)[C@@H]2C[C@H]3CC[C@@H](C2)[C@@]3(O)C(O)c2nccs2)c1. The Morgan fingerprint density at radius 2 is 1.84 bits per heavy atom. The maximum absolute atomic E-state index is 13.7. The van der Waals surface area contributed by atoms with Crippen molar-refractivity contribution in [1.82, 2.24) is 4.98 Å². The predicted octanol–water partition coefficient (Wildman–Crippen LogP) is 4.75. The lowest BCUT2D eigenvalue weighted by Crippen LogP contribution is -2.52. The van der Waals surface area contributed by atoms with Crippen molar-refractivity contribution in [2.45, 2.75) is 47.5 Å². The number of aliphatic hydroxyl groups is 2. The minimum Gasteiger partial charge on any atom is -0.386 e. The van der Waals surface area contributed by atoms with Gasteiger partial charge in [-0.1, -0.05) is 11.6 Å². The summed E-state index contributed by atoms with van der Waals surface area (Å²) in [4.78, 5) is 16.6. The van der Waals surface area contributed by atoms with Gasteiger partial charge < -0.3 is 15.5 Å². The van der Waals surface area contributed by atoms with Gasteiger partial charge in [0.05, 0.1) is 15.2 Å². The molecule has 2 fully saturated rings.